The van der Waals surface area contributed by atoms with E-state index in [4.69, 9.17) is 0 Å². The van der Waals surface area contributed by atoms with Gasteiger partial charge in [-0.2, -0.15) is 9.40 Å². The number of rotatable bonds is 7. The molecule has 0 atom stereocenters. The number of sulfonamides is 1. The lowest BCUT2D eigenvalue weighted by molar-refractivity contribution is -0.116. The fraction of sp³-hybridized carbons (Fsp3) is 0.385. The van der Waals surface area contributed by atoms with Crippen LogP contribution in [0, 0.1) is 26.6 Å². The maximum atomic E-state index is 13.5. The average Bonchev–Trinajstić information content (AvgIpc) is 3.15. The Labute approximate surface area is 207 Å². The molecule has 1 amide bonds. The highest BCUT2D eigenvalue weighted by Crippen LogP contribution is 2.28. The monoisotopic (exact) mass is 500 g/mol. The van der Waals surface area contributed by atoms with E-state index in [2.05, 4.69) is 10.4 Å². The van der Waals surface area contributed by atoms with Crippen LogP contribution in [0.25, 0.3) is 5.69 Å². The predicted octanol–water partition coefficient (Wildman–Crippen LogP) is 4.88. The number of carbonyl (C=O) groups excluding carboxylic acids is 1. The SMILES string of the molecule is CCN(CC(=O)Nc1cc(C(C)(C)C)nn1-c1ccc(F)cc1)S(=O)(=O)c1c(C)cc(C)cc1C. The van der Waals surface area contributed by atoms with E-state index in [9.17, 15) is 17.6 Å². The first kappa shape index (κ1) is 26.6. The van der Waals surface area contributed by atoms with Crippen molar-refractivity contribution in [2.75, 3.05) is 18.4 Å². The number of aromatic nitrogens is 2. The largest absolute Gasteiger partial charge is 0.309 e. The highest BCUT2D eigenvalue weighted by atomic mass is 32.2. The van der Waals surface area contributed by atoms with E-state index >= 15 is 0 Å². The van der Waals surface area contributed by atoms with Crippen molar-refractivity contribution in [2.24, 2.45) is 0 Å². The number of nitrogens with one attached hydrogen (secondary N) is 1. The lowest BCUT2D eigenvalue weighted by Gasteiger charge is -2.22. The second-order valence-corrected chi connectivity index (χ2v) is 11.6. The summed E-state index contributed by atoms with van der Waals surface area (Å²) >= 11 is 0. The van der Waals surface area contributed by atoms with Crippen molar-refractivity contribution in [3.05, 3.63) is 70.7 Å². The summed E-state index contributed by atoms with van der Waals surface area (Å²) in [5.74, 6) is -0.503. The summed E-state index contributed by atoms with van der Waals surface area (Å²) in [7, 11) is -3.89. The zero-order valence-corrected chi connectivity index (χ0v) is 22.1. The van der Waals surface area contributed by atoms with Gasteiger partial charge in [0.15, 0.2) is 0 Å². The second kappa shape index (κ2) is 9.91. The Bertz CT molecular complexity index is 1320. The van der Waals surface area contributed by atoms with Gasteiger partial charge in [-0.1, -0.05) is 45.4 Å². The van der Waals surface area contributed by atoms with E-state index in [1.807, 2.05) is 39.8 Å². The standard InChI is InChI=1S/C26H33FN4O3S/c1-8-30(35(33,34)25-18(3)13-17(2)14-19(25)4)16-24(32)28-23-15-22(26(5,6)7)29-31(23)21-11-9-20(27)10-12-21/h9-15H,8,16H2,1-7H3,(H,28,32). The predicted molar refractivity (Wildman–Crippen MR) is 136 cm³/mol. The van der Waals surface area contributed by atoms with E-state index in [1.165, 1.54) is 16.8 Å². The lowest BCUT2D eigenvalue weighted by Crippen LogP contribution is -2.38. The van der Waals surface area contributed by atoms with Gasteiger partial charge in [0.25, 0.3) is 0 Å². The molecule has 0 saturated heterocycles. The van der Waals surface area contributed by atoms with E-state index < -0.39 is 15.9 Å². The van der Waals surface area contributed by atoms with Crippen LogP contribution in [-0.4, -0.2) is 41.5 Å². The number of halogens is 1. The van der Waals surface area contributed by atoms with Gasteiger partial charge in [0, 0.05) is 18.0 Å². The molecule has 0 spiro atoms. The third-order valence-corrected chi connectivity index (χ3v) is 7.92. The summed E-state index contributed by atoms with van der Waals surface area (Å²) in [4.78, 5) is 13.3. The lowest BCUT2D eigenvalue weighted by atomic mass is 9.92. The molecule has 0 bridgehead atoms. The Morgan fingerprint density at radius 3 is 2.14 bits per heavy atom. The zero-order chi connectivity index (χ0) is 26.1. The third-order valence-electron chi connectivity index (χ3n) is 5.69. The molecule has 0 fully saturated rings. The molecule has 3 rings (SSSR count). The average molecular weight is 501 g/mol. The topological polar surface area (TPSA) is 84.3 Å². The van der Waals surface area contributed by atoms with Crippen molar-refractivity contribution in [3.63, 3.8) is 0 Å². The summed E-state index contributed by atoms with van der Waals surface area (Å²) < 4.78 is 43.1. The molecular formula is C26H33FN4O3S. The number of likely N-dealkylation sites (N-methyl/N-ethyl adjacent to an activating group) is 1. The smallest absolute Gasteiger partial charge is 0.244 e. The molecule has 0 unspecified atom stereocenters. The van der Waals surface area contributed by atoms with Gasteiger partial charge in [-0.25, -0.2) is 17.5 Å². The molecule has 0 aliphatic rings. The van der Waals surface area contributed by atoms with E-state index in [0.717, 1.165) is 15.6 Å². The summed E-state index contributed by atoms with van der Waals surface area (Å²) in [5, 5.41) is 7.41. The maximum Gasteiger partial charge on any atom is 0.244 e. The van der Waals surface area contributed by atoms with Gasteiger partial charge < -0.3 is 5.32 Å². The number of amides is 1. The first-order valence-corrected chi connectivity index (χ1v) is 12.9. The van der Waals surface area contributed by atoms with Crippen LogP contribution in [0.15, 0.2) is 47.4 Å². The maximum absolute atomic E-state index is 13.5. The van der Waals surface area contributed by atoms with Crippen LogP contribution in [0.3, 0.4) is 0 Å². The van der Waals surface area contributed by atoms with Crippen molar-refractivity contribution in [3.8, 4) is 5.69 Å². The first-order valence-electron chi connectivity index (χ1n) is 11.5. The van der Waals surface area contributed by atoms with Crippen LogP contribution in [-0.2, 0) is 20.2 Å². The fourth-order valence-electron chi connectivity index (χ4n) is 4.03. The highest BCUT2D eigenvalue weighted by molar-refractivity contribution is 7.89. The molecule has 1 N–H and O–H groups in total. The van der Waals surface area contributed by atoms with Gasteiger partial charge >= 0.3 is 0 Å². The van der Waals surface area contributed by atoms with Crippen molar-refractivity contribution in [1.29, 1.82) is 0 Å². The Balaban J connectivity index is 1.92. The van der Waals surface area contributed by atoms with Gasteiger partial charge in [-0.15, -0.1) is 0 Å². The van der Waals surface area contributed by atoms with Gasteiger partial charge in [0.05, 0.1) is 22.8 Å². The van der Waals surface area contributed by atoms with Crippen molar-refractivity contribution >= 4 is 21.7 Å². The van der Waals surface area contributed by atoms with Gasteiger partial charge in [-0.3, -0.25) is 4.79 Å². The summed E-state index contributed by atoms with van der Waals surface area (Å²) in [6, 6.07) is 11.2. The second-order valence-electron chi connectivity index (χ2n) is 9.76. The molecule has 0 aliphatic heterocycles. The van der Waals surface area contributed by atoms with Crippen LogP contribution in [0.1, 0.15) is 50.1 Å². The molecule has 9 heteroatoms. The molecule has 2 aromatic carbocycles. The van der Waals surface area contributed by atoms with Crippen LogP contribution >= 0.6 is 0 Å². The first-order chi connectivity index (χ1) is 16.2. The number of aryl methyl sites for hydroxylation is 3. The number of carbonyl (C=O) groups is 1. The molecule has 0 aliphatic carbocycles. The van der Waals surface area contributed by atoms with Crippen LogP contribution in [0.2, 0.25) is 0 Å². The minimum Gasteiger partial charge on any atom is -0.309 e. The molecule has 7 nitrogen and oxygen atoms in total. The summed E-state index contributed by atoms with van der Waals surface area (Å²) in [6.07, 6.45) is 0. The molecule has 0 radical (unpaired) electrons. The van der Waals surface area contributed by atoms with E-state index in [0.29, 0.717) is 22.6 Å². The van der Waals surface area contributed by atoms with E-state index in [1.54, 1.807) is 39.0 Å². The normalized spacial score (nSPS) is 12.3. The Hall–Kier alpha value is -3.04. The van der Waals surface area contributed by atoms with Crippen LogP contribution < -0.4 is 5.32 Å². The van der Waals surface area contributed by atoms with Crippen LogP contribution in [0.4, 0.5) is 10.2 Å². The fourth-order valence-corrected chi connectivity index (χ4v) is 5.84. The number of anilines is 1. The van der Waals surface area contributed by atoms with Gasteiger partial charge in [-0.05, 0) is 56.2 Å². The quantitative estimate of drug-likeness (QED) is 0.501. The number of nitrogens with zero attached hydrogens (tertiary/aromatic N) is 3. The van der Waals surface area contributed by atoms with Gasteiger partial charge in [0.2, 0.25) is 15.9 Å². The number of benzene rings is 2. The number of hydrogen-bond acceptors (Lipinski definition) is 4. The Morgan fingerprint density at radius 2 is 1.63 bits per heavy atom. The zero-order valence-electron chi connectivity index (χ0n) is 21.3. The van der Waals surface area contributed by atoms with Crippen molar-refractivity contribution in [1.82, 2.24) is 14.1 Å². The Kier molecular flexibility index (Phi) is 7.52. The van der Waals surface area contributed by atoms with Crippen molar-refractivity contribution < 1.29 is 17.6 Å². The Morgan fingerprint density at radius 1 is 1.06 bits per heavy atom. The summed E-state index contributed by atoms with van der Waals surface area (Å²) in [6.45, 7) is 12.9. The highest BCUT2D eigenvalue weighted by Gasteiger charge is 2.29. The third kappa shape index (κ3) is 5.79. The molecule has 188 valence electrons. The van der Waals surface area contributed by atoms with Crippen LogP contribution in [0.5, 0.6) is 0 Å². The number of hydrogen-bond donors (Lipinski definition) is 1. The molecule has 1 aromatic heterocycles. The molecule has 1 heterocycles. The molecule has 3 aromatic rings. The molecular weight excluding hydrogens is 467 g/mol. The van der Waals surface area contributed by atoms with Crippen molar-refractivity contribution in [2.45, 2.75) is 58.8 Å². The molecule has 0 saturated carbocycles. The van der Waals surface area contributed by atoms with E-state index in [-0.39, 0.29) is 29.2 Å². The molecule has 35 heavy (non-hydrogen) atoms. The minimum absolute atomic E-state index is 0.132. The summed E-state index contributed by atoms with van der Waals surface area (Å²) in [5.41, 5.74) is 3.26. The minimum atomic E-state index is -3.89. The van der Waals surface area contributed by atoms with Gasteiger partial charge in [0.1, 0.15) is 11.6 Å².